The molecule has 4 N–H and O–H groups in total. The molecule has 0 spiro atoms. The van der Waals surface area contributed by atoms with Gasteiger partial charge in [-0.1, -0.05) is 0 Å². The summed E-state index contributed by atoms with van der Waals surface area (Å²) < 4.78 is 4.98. The maximum Gasteiger partial charge on any atom is 0.201 e. The Morgan fingerprint density at radius 1 is 1.50 bits per heavy atom. The molecule has 0 saturated carbocycles. The minimum absolute atomic E-state index is 0.157. The van der Waals surface area contributed by atoms with Gasteiger partial charge in [0.25, 0.3) is 0 Å². The lowest BCUT2D eigenvalue weighted by atomic mass is 10.3. The summed E-state index contributed by atoms with van der Waals surface area (Å²) in [6.45, 7) is 0. The number of nitrogens with zero attached hydrogens (tertiary/aromatic N) is 2. The van der Waals surface area contributed by atoms with E-state index < -0.39 is 0 Å². The average molecular weight is 217 g/mol. The van der Waals surface area contributed by atoms with Crippen molar-refractivity contribution in [3.63, 3.8) is 0 Å². The van der Waals surface area contributed by atoms with E-state index in [1.165, 1.54) is 0 Å². The molecule has 0 radical (unpaired) electrons. The molecule has 6 heteroatoms. The highest BCUT2D eigenvalue weighted by Gasteiger charge is 2.00. The molecule has 1 aromatic rings. The van der Waals surface area contributed by atoms with Crippen LogP contribution >= 0.6 is 0 Å². The van der Waals surface area contributed by atoms with Gasteiger partial charge in [0.1, 0.15) is 11.8 Å². The Labute approximate surface area is 92.8 Å². The lowest BCUT2D eigenvalue weighted by Crippen LogP contribution is -2.21. The molecule has 0 aliphatic carbocycles. The summed E-state index contributed by atoms with van der Waals surface area (Å²) in [4.78, 5) is 0. The molecule has 0 aromatic heterocycles. The van der Waals surface area contributed by atoms with Crippen molar-refractivity contribution in [2.75, 3.05) is 12.5 Å². The molecule has 82 valence electrons. The third-order valence-corrected chi connectivity index (χ3v) is 1.75. The van der Waals surface area contributed by atoms with Gasteiger partial charge in [-0.2, -0.15) is 10.4 Å². The van der Waals surface area contributed by atoms with Crippen molar-refractivity contribution in [2.45, 2.75) is 0 Å². The summed E-state index contributed by atoms with van der Waals surface area (Å²) >= 11 is 0. The minimum atomic E-state index is -0.372. The largest absolute Gasteiger partial charge is 0.497 e. The van der Waals surface area contributed by atoms with Crippen molar-refractivity contribution in [3.05, 3.63) is 24.3 Å². The van der Waals surface area contributed by atoms with E-state index in [1.807, 2.05) is 0 Å². The fraction of sp³-hybridized carbons (Fsp3) is 0.100. The molecule has 16 heavy (non-hydrogen) atoms. The predicted octanol–water partition coefficient (Wildman–Crippen LogP) is 0.923. The van der Waals surface area contributed by atoms with Gasteiger partial charge in [0.05, 0.1) is 12.8 Å². The Bertz CT molecular complexity index is 443. The van der Waals surface area contributed by atoms with E-state index in [2.05, 4.69) is 10.5 Å². The van der Waals surface area contributed by atoms with Gasteiger partial charge in [-0.25, -0.2) is 0 Å². The Hall–Kier alpha value is -2.55. The van der Waals surface area contributed by atoms with Gasteiger partial charge >= 0.3 is 0 Å². The molecule has 0 atom stereocenters. The van der Waals surface area contributed by atoms with Gasteiger partial charge in [0.15, 0.2) is 5.84 Å². The number of nitrogens with two attached hydrogens (primary N) is 1. The maximum atomic E-state index is 8.60. The number of benzene rings is 1. The van der Waals surface area contributed by atoms with Crippen LogP contribution in [-0.4, -0.2) is 18.7 Å². The zero-order valence-corrected chi connectivity index (χ0v) is 8.69. The van der Waals surface area contributed by atoms with Crippen LogP contribution in [0.1, 0.15) is 0 Å². The number of methoxy groups -OCH3 is 1. The molecular formula is C10H11N5O. The Morgan fingerprint density at radius 2 is 2.12 bits per heavy atom. The van der Waals surface area contributed by atoms with E-state index in [9.17, 15) is 0 Å². The lowest BCUT2D eigenvalue weighted by molar-refractivity contribution is 0.415. The van der Waals surface area contributed by atoms with Crippen LogP contribution in [0.5, 0.6) is 5.75 Å². The standard InChI is InChI=1S/C10H11N5O/c1-16-8-4-2-7(3-5-8)14-15-9(6-11)10(12)13/h2-5,14H,1H3,(H3,12,13)/b15-9+. The molecule has 0 fully saturated rings. The van der Waals surface area contributed by atoms with E-state index in [4.69, 9.17) is 21.1 Å². The zero-order chi connectivity index (χ0) is 12.0. The second kappa shape index (κ2) is 5.36. The first-order chi connectivity index (χ1) is 7.67. The summed E-state index contributed by atoms with van der Waals surface area (Å²) in [6.07, 6.45) is 0. The molecule has 0 amide bonds. The molecule has 0 unspecified atom stereocenters. The summed E-state index contributed by atoms with van der Waals surface area (Å²) in [5.74, 6) is 0.352. The first kappa shape index (κ1) is 11.5. The number of nitriles is 1. The van der Waals surface area contributed by atoms with Gasteiger partial charge < -0.3 is 10.5 Å². The molecule has 0 aliphatic rings. The fourth-order valence-corrected chi connectivity index (χ4v) is 0.931. The number of hydrogen-bond donors (Lipinski definition) is 3. The number of ether oxygens (including phenoxy) is 1. The third-order valence-electron chi connectivity index (χ3n) is 1.75. The molecule has 1 aromatic carbocycles. The van der Waals surface area contributed by atoms with Crippen molar-refractivity contribution in [3.8, 4) is 11.8 Å². The van der Waals surface area contributed by atoms with E-state index in [1.54, 1.807) is 37.4 Å². The van der Waals surface area contributed by atoms with Crippen molar-refractivity contribution in [1.82, 2.24) is 0 Å². The Morgan fingerprint density at radius 3 is 2.56 bits per heavy atom. The molecule has 0 saturated heterocycles. The van der Waals surface area contributed by atoms with Crippen LogP contribution in [0, 0.1) is 16.7 Å². The summed E-state index contributed by atoms with van der Waals surface area (Å²) in [7, 11) is 1.57. The number of amidine groups is 1. The average Bonchev–Trinajstić information content (AvgIpc) is 2.30. The number of nitrogens with one attached hydrogen (secondary N) is 2. The normalized spacial score (nSPS) is 10.4. The minimum Gasteiger partial charge on any atom is -0.497 e. The van der Waals surface area contributed by atoms with Gasteiger partial charge in [-0.3, -0.25) is 10.8 Å². The van der Waals surface area contributed by atoms with Crippen molar-refractivity contribution < 1.29 is 4.74 Å². The second-order valence-corrected chi connectivity index (χ2v) is 2.83. The first-order valence-corrected chi connectivity index (χ1v) is 4.39. The Balaban J connectivity index is 2.74. The molecule has 0 aliphatic heterocycles. The second-order valence-electron chi connectivity index (χ2n) is 2.83. The number of rotatable bonds is 4. The molecule has 0 bridgehead atoms. The van der Waals surface area contributed by atoms with E-state index in [0.717, 1.165) is 5.75 Å². The number of hydrazone groups is 1. The monoisotopic (exact) mass is 217 g/mol. The van der Waals surface area contributed by atoms with Crippen LogP contribution in [0.25, 0.3) is 0 Å². The summed E-state index contributed by atoms with van der Waals surface area (Å²) in [5.41, 5.74) is 8.26. The quantitative estimate of drug-likeness (QED) is 0.396. The van der Waals surface area contributed by atoms with Crippen LogP contribution in [0.3, 0.4) is 0 Å². The van der Waals surface area contributed by atoms with Crippen molar-refractivity contribution in [2.24, 2.45) is 10.8 Å². The highest BCUT2D eigenvalue weighted by molar-refractivity contribution is 6.45. The highest BCUT2D eigenvalue weighted by Crippen LogP contribution is 2.14. The van der Waals surface area contributed by atoms with E-state index >= 15 is 0 Å². The van der Waals surface area contributed by atoms with Gasteiger partial charge in [-0.05, 0) is 24.3 Å². The van der Waals surface area contributed by atoms with Crippen LogP contribution in [-0.2, 0) is 0 Å². The number of anilines is 1. The van der Waals surface area contributed by atoms with Gasteiger partial charge in [0.2, 0.25) is 5.71 Å². The Kier molecular flexibility index (Phi) is 3.86. The number of hydrogen-bond acceptors (Lipinski definition) is 5. The first-order valence-electron chi connectivity index (χ1n) is 4.39. The van der Waals surface area contributed by atoms with E-state index in [-0.39, 0.29) is 11.5 Å². The topological polar surface area (TPSA) is 107 Å². The highest BCUT2D eigenvalue weighted by atomic mass is 16.5. The van der Waals surface area contributed by atoms with E-state index in [0.29, 0.717) is 5.69 Å². The van der Waals surface area contributed by atoms with Crippen LogP contribution < -0.4 is 15.9 Å². The molecular weight excluding hydrogens is 206 g/mol. The molecule has 0 heterocycles. The summed E-state index contributed by atoms with van der Waals surface area (Å²) in [6, 6.07) is 8.67. The zero-order valence-electron chi connectivity index (χ0n) is 8.69. The van der Waals surface area contributed by atoms with Crippen LogP contribution in [0.15, 0.2) is 29.4 Å². The van der Waals surface area contributed by atoms with Crippen molar-refractivity contribution >= 4 is 17.2 Å². The molecule has 6 nitrogen and oxygen atoms in total. The third kappa shape index (κ3) is 2.99. The summed E-state index contributed by atoms with van der Waals surface area (Å²) in [5, 5.41) is 19.3. The van der Waals surface area contributed by atoms with Gasteiger partial charge in [-0.15, -0.1) is 0 Å². The van der Waals surface area contributed by atoms with Gasteiger partial charge in [0, 0.05) is 0 Å². The molecule has 1 rings (SSSR count). The SMILES string of the molecule is COc1ccc(N/N=C(\C#N)C(=N)N)cc1. The smallest absolute Gasteiger partial charge is 0.201 e. The predicted molar refractivity (Wildman–Crippen MR) is 61.6 cm³/mol. The fourth-order valence-electron chi connectivity index (χ4n) is 0.931. The van der Waals surface area contributed by atoms with Crippen LogP contribution in [0.4, 0.5) is 5.69 Å². The van der Waals surface area contributed by atoms with Crippen molar-refractivity contribution in [1.29, 1.82) is 10.7 Å². The van der Waals surface area contributed by atoms with Crippen LogP contribution in [0.2, 0.25) is 0 Å². The maximum absolute atomic E-state index is 8.60. The lowest BCUT2D eigenvalue weighted by Gasteiger charge is -2.02.